The minimum Gasteiger partial charge on any atom is -0.478 e. The second-order valence-corrected chi connectivity index (χ2v) is 9.84. The van der Waals surface area contributed by atoms with Gasteiger partial charge in [-0.15, -0.1) is 0 Å². The monoisotopic (exact) mass is 567 g/mol. The SMILES string of the molecule is N#Cc1ccc(COc2ccnc(-c3ccc(Cc4nc5ccc(C(=O)O)cc5n4CC4CCO4)c(F)c3)n2)c(F)c1. The Hall–Kier alpha value is -5.21. The summed E-state index contributed by atoms with van der Waals surface area (Å²) in [4.78, 5) is 24.8. The molecule has 2 aromatic heterocycles. The van der Waals surface area contributed by atoms with E-state index in [1.165, 1.54) is 36.5 Å². The molecule has 3 heterocycles. The van der Waals surface area contributed by atoms with Gasteiger partial charge >= 0.3 is 5.97 Å². The molecular formula is C31H23F2N5O4. The first-order valence-corrected chi connectivity index (χ1v) is 13.1. The van der Waals surface area contributed by atoms with E-state index in [0.29, 0.717) is 41.1 Å². The number of fused-ring (bicyclic) bond motifs is 1. The molecule has 0 aliphatic carbocycles. The molecule has 1 aliphatic heterocycles. The lowest BCUT2D eigenvalue weighted by Gasteiger charge is -2.27. The molecule has 6 rings (SSSR count). The zero-order valence-corrected chi connectivity index (χ0v) is 22.1. The van der Waals surface area contributed by atoms with Gasteiger partial charge in [0, 0.05) is 36.4 Å². The number of carbonyl (C=O) groups is 1. The second kappa shape index (κ2) is 11.3. The van der Waals surface area contributed by atoms with E-state index < -0.39 is 17.6 Å². The van der Waals surface area contributed by atoms with Gasteiger partial charge in [0.25, 0.3) is 0 Å². The third-order valence-corrected chi connectivity index (χ3v) is 7.10. The molecule has 0 radical (unpaired) electrons. The lowest BCUT2D eigenvalue weighted by atomic mass is 10.1. The van der Waals surface area contributed by atoms with E-state index in [9.17, 15) is 14.3 Å². The van der Waals surface area contributed by atoms with Crippen LogP contribution in [0.2, 0.25) is 0 Å². The standard InChI is InChI=1S/C31H23F2N5O4/c32-24-11-18(15-34)1-2-22(24)17-42-29-7-9-35-30(37-29)20-4-3-19(25(33)12-20)14-28-36-26-6-5-21(31(39)40)13-27(26)38(28)16-23-8-10-41-23/h1-7,9,11-13,23H,8,10,14,16-17H2,(H,39,40). The van der Waals surface area contributed by atoms with Crippen molar-refractivity contribution >= 4 is 17.0 Å². The predicted molar refractivity (Wildman–Crippen MR) is 147 cm³/mol. The number of halogens is 2. The highest BCUT2D eigenvalue weighted by Crippen LogP contribution is 2.26. The van der Waals surface area contributed by atoms with Crippen LogP contribution in [0.3, 0.4) is 0 Å². The Balaban J connectivity index is 1.23. The number of carboxylic acids is 1. The number of nitriles is 1. The van der Waals surface area contributed by atoms with Crippen LogP contribution in [0.15, 0.2) is 66.9 Å². The molecule has 1 fully saturated rings. The second-order valence-electron chi connectivity index (χ2n) is 9.84. The van der Waals surface area contributed by atoms with E-state index in [-0.39, 0.29) is 47.5 Å². The fraction of sp³-hybridized carbons (Fsp3) is 0.194. The molecule has 9 nitrogen and oxygen atoms in total. The van der Waals surface area contributed by atoms with Crippen LogP contribution in [0.25, 0.3) is 22.4 Å². The Morgan fingerprint density at radius 2 is 1.88 bits per heavy atom. The largest absolute Gasteiger partial charge is 0.478 e. The average Bonchev–Trinajstić information content (AvgIpc) is 3.31. The summed E-state index contributed by atoms with van der Waals surface area (Å²) in [5.74, 6) is -1.07. The van der Waals surface area contributed by atoms with Crippen LogP contribution in [0, 0.1) is 23.0 Å². The van der Waals surface area contributed by atoms with Crippen LogP contribution in [0.1, 0.15) is 39.3 Å². The number of benzene rings is 3. The number of rotatable bonds is 9. The smallest absolute Gasteiger partial charge is 0.335 e. The summed E-state index contributed by atoms with van der Waals surface area (Å²) < 4.78 is 42.7. The molecule has 1 saturated heterocycles. The van der Waals surface area contributed by atoms with Gasteiger partial charge in [-0.1, -0.05) is 18.2 Å². The molecule has 0 saturated carbocycles. The van der Waals surface area contributed by atoms with E-state index in [1.807, 2.05) is 10.6 Å². The maximum atomic E-state index is 15.4. The fourth-order valence-corrected chi connectivity index (χ4v) is 4.72. The minimum atomic E-state index is -1.04. The Labute approximate surface area is 238 Å². The van der Waals surface area contributed by atoms with Crippen molar-refractivity contribution < 1.29 is 28.2 Å². The molecule has 1 N–H and O–H groups in total. The molecule has 5 aromatic rings. The number of ether oxygens (including phenoxy) is 2. The number of hydrogen-bond donors (Lipinski definition) is 1. The Kier molecular flexibility index (Phi) is 7.29. The maximum Gasteiger partial charge on any atom is 0.335 e. The van der Waals surface area contributed by atoms with E-state index in [1.54, 1.807) is 24.3 Å². The van der Waals surface area contributed by atoms with Crippen LogP contribution in [0.5, 0.6) is 5.88 Å². The normalized spacial score (nSPS) is 14.4. The lowest BCUT2D eigenvalue weighted by Crippen LogP contribution is -2.31. The van der Waals surface area contributed by atoms with Gasteiger partial charge in [-0.3, -0.25) is 0 Å². The highest BCUT2D eigenvalue weighted by atomic mass is 19.1. The molecule has 1 unspecified atom stereocenters. The van der Waals surface area contributed by atoms with E-state index in [2.05, 4.69) is 15.0 Å². The summed E-state index contributed by atoms with van der Waals surface area (Å²) in [6.45, 7) is 1.05. The first kappa shape index (κ1) is 27.0. The average molecular weight is 568 g/mol. The molecule has 1 atom stereocenters. The Bertz CT molecular complexity index is 1860. The summed E-state index contributed by atoms with van der Waals surface area (Å²) in [6, 6.07) is 16.9. The summed E-state index contributed by atoms with van der Waals surface area (Å²) in [7, 11) is 0. The van der Waals surface area contributed by atoms with Crippen molar-refractivity contribution in [1.82, 2.24) is 19.5 Å². The van der Waals surface area contributed by atoms with Gasteiger partial charge in [-0.2, -0.15) is 10.2 Å². The zero-order valence-electron chi connectivity index (χ0n) is 22.1. The summed E-state index contributed by atoms with van der Waals surface area (Å²) in [5.41, 5.74) is 2.72. The molecule has 11 heteroatoms. The van der Waals surface area contributed by atoms with Crippen molar-refractivity contribution in [2.45, 2.75) is 32.1 Å². The van der Waals surface area contributed by atoms with Crippen molar-refractivity contribution in [2.75, 3.05) is 6.61 Å². The molecule has 1 aliphatic rings. The van der Waals surface area contributed by atoms with Gasteiger partial charge < -0.3 is 19.1 Å². The Morgan fingerprint density at radius 3 is 2.60 bits per heavy atom. The molecular weight excluding hydrogens is 544 g/mol. The number of imidazole rings is 1. The van der Waals surface area contributed by atoms with Crippen molar-refractivity contribution in [2.24, 2.45) is 0 Å². The summed E-state index contributed by atoms with van der Waals surface area (Å²) >= 11 is 0. The van der Waals surface area contributed by atoms with Crippen LogP contribution in [-0.2, 0) is 24.3 Å². The fourth-order valence-electron chi connectivity index (χ4n) is 4.72. The van der Waals surface area contributed by atoms with Gasteiger partial charge in [0.1, 0.15) is 24.1 Å². The third-order valence-electron chi connectivity index (χ3n) is 7.10. The minimum absolute atomic E-state index is 0.0121. The van der Waals surface area contributed by atoms with Crippen molar-refractivity contribution in [3.63, 3.8) is 0 Å². The number of hydrogen-bond acceptors (Lipinski definition) is 7. The number of aromatic nitrogens is 4. The predicted octanol–water partition coefficient (Wildman–Crippen LogP) is 5.30. The lowest BCUT2D eigenvalue weighted by molar-refractivity contribution is -0.0589. The molecule has 3 aromatic carbocycles. The third kappa shape index (κ3) is 5.53. The quantitative estimate of drug-likeness (QED) is 0.255. The van der Waals surface area contributed by atoms with E-state index in [0.717, 1.165) is 12.5 Å². The first-order valence-electron chi connectivity index (χ1n) is 13.1. The maximum absolute atomic E-state index is 15.4. The van der Waals surface area contributed by atoms with Crippen molar-refractivity contribution in [3.05, 3.63) is 107 Å². The van der Waals surface area contributed by atoms with Gasteiger partial charge in [0.2, 0.25) is 5.88 Å². The van der Waals surface area contributed by atoms with Gasteiger partial charge in [0.05, 0.1) is 40.9 Å². The van der Waals surface area contributed by atoms with Crippen LogP contribution >= 0.6 is 0 Å². The van der Waals surface area contributed by atoms with E-state index in [4.69, 9.17) is 14.7 Å². The molecule has 210 valence electrons. The molecule has 0 bridgehead atoms. The molecule has 0 spiro atoms. The van der Waals surface area contributed by atoms with Gasteiger partial charge in [-0.25, -0.2) is 23.5 Å². The van der Waals surface area contributed by atoms with Gasteiger partial charge in [-0.05, 0) is 48.4 Å². The van der Waals surface area contributed by atoms with Crippen LogP contribution < -0.4 is 4.74 Å². The Morgan fingerprint density at radius 1 is 1.07 bits per heavy atom. The summed E-state index contributed by atoms with van der Waals surface area (Å²) in [6.07, 6.45) is 2.51. The summed E-state index contributed by atoms with van der Waals surface area (Å²) in [5, 5.41) is 18.4. The topological polar surface area (TPSA) is 123 Å². The number of carboxylic acid groups (broad SMARTS) is 1. The molecule has 0 amide bonds. The van der Waals surface area contributed by atoms with E-state index >= 15 is 4.39 Å². The van der Waals surface area contributed by atoms with Gasteiger partial charge in [0.15, 0.2) is 5.82 Å². The molecule has 42 heavy (non-hydrogen) atoms. The zero-order chi connectivity index (χ0) is 29.2. The van der Waals surface area contributed by atoms with Crippen molar-refractivity contribution in [3.8, 4) is 23.3 Å². The highest BCUT2D eigenvalue weighted by Gasteiger charge is 2.23. The number of aromatic carboxylic acids is 1. The van der Waals surface area contributed by atoms with Crippen LogP contribution in [0.4, 0.5) is 8.78 Å². The van der Waals surface area contributed by atoms with Crippen molar-refractivity contribution in [1.29, 1.82) is 5.26 Å². The van der Waals surface area contributed by atoms with Crippen LogP contribution in [-0.4, -0.2) is 43.3 Å². The number of nitrogens with zero attached hydrogens (tertiary/aromatic N) is 5. The highest BCUT2D eigenvalue weighted by molar-refractivity contribution is 5.92. The first-order chi connectivity index (χ1) is 20.4.